The Morgan fingerprint density at radius 1 is 1.42 bits per heavy atom. The van der Waals surface area contributed by atoms with Crippen molar-refractivity contribution in [2.45, 2.75) is 19.8 Å². The number of piperidine rings is 1. The zero-order chi connectivity index (χ0) is 14.0. The van der Waals surface area contributed by atoms with E-state index in [0.717, 1.165) is 0 Å². The van der Waals surface area contributed by atoms with E-state index in [1.54, 1.807) is 0 Å². The predicted octanol–water partition coefficient (Wildman–Crippen LogP) is 1.15. The summed E-state index contributed by atoms with van der Waals surface area (Å²) >= 11 is 0. The van der Waals surface area contributed by atoms with Gasteiger partial charge in [0.1, 0.15) is 5.69 Å². The lowest BCUT2D eigenvalue weighted by molar-refractivity contribution is -0.143. The van der Waals surface area contributed by atoms with Crippen LogP contribution < -0.4 is 0 Å². The van der Waals surface area contributed by atoms with Gasteiger partial charge in [-0.2, -0.15) is 0 Å². The molecule has 0 aliphatic carbocycles. The summed E-state index contributed by atoms with van der Waals surface area (Å²) in [5.74, 6) is -1.73. The molecule has 6 heteroatoms. The summed E-state index contributed by atoms with van der Waals surface area (Å²) in [5, 5.41) is 8.99. The Morgan fingerprint density at radius 3 is 2.74 bits per heavy atom. The number of carbonyl (C=O) groups is 3. The van der Waals surface area contributed by atoms with Gasteiger partial charge < -0.3 is 15.0 Å². The lowest BCUT2D eigenvalue weighted by Gasteiger charge is -2.30. The number of carboxylic acid groups (broad SMARTS) is 1. The maximum absolute atomic E-state index is 12.2. The van der Waals surface area contributed by atoms with Crippen molar-refractivity contribution in [1.82, 2.24) is 9.88 Å². The minimum absolute atomic E-state index is 0.114. The summed E-state index contributed by atoms with van der Waals surface area (Å²) in [4.78, 5) is 38.6. The van der Waals surface area contributed by atoms with Crippen molar-refractivity contribution in [3.05, 3.63) is 23.5 Å². The molecule has 0 aromatic carbocycles. The highest BCUT2D eigenvalue weighted by atomic mass is 16.4. The molecule has 1 aromatic rings. The zero-order valence-corrected chi connectivity index (χ0v) is 10.7. The Labute approximate surface area is 110 Å². The number of nitrogens with one attached hydrogen (secondary N) is 1. The molecule has 1 amide bonds. The molecule has 19 heavy (non-hydrogen) atoms. The fourth-order valence-electron chi connectivity index (χ4n) is 2.25. The van der Waals surface area contributed by atoms with Gasteiger partial charge in [-0.05, 0) is 25.8 Å². The number of carbonyl (C=O) groups excluding carboxylic acids is 2. The molecule has 1 saturated heterocycles. The molecule has 1 aliphatic heterocycles. The van der Waals surface area contributed by atoms with Crippen molar-refractivity contribution in [2.75, 3.05) is 13.1 Å². The largest absolute Gasteiger partial charge is 0.481 e. The van der Waals surface area contributed by atoms with Gasteiger partial charge in [0.25, 0.3) is 5.91 Å². The monoisotopic (exact) mass is 264 g/mol. The molecule has 1 atom stereocenters. The van der Waals surface area contributed by atoms with Gasteiger partial charge in [0.15, 0.2) is 5.78 Å². The standard InChI is InChI=1S/C13H16N2O4/c1-8(16)10-5-11(14-6-10)12(17)15-4-2-3-9(7-15)13(18)19/h5-6,9,14H,2-4,7H2,1H3,(H,18,19). The van der Waals surface area contributed by atoms with Crippen molar-refractivity contribution in [2.24, 2.45) is 5.92 Å². The van der Waals surface area contributed by atoms with Gasteiger partial charge in [-0.3, -0.25) is 14.4 Å². The summed E-state index contributed by atoms with van der Waals surface area (Å²) in [5.41, 5.74) is 0.784. The van der Waals surface area contributed by atoms with Crippen LogP contribution in [0.2, 0.25) is 0 Å². The molecule has 0 bridgehead atoms. The maximum Gasteiger partial charge on any atom is 0.308 e. The highest BCUT2D eigenvalue weighted by Crippen LogP contribution is 2.19. The van der Waals surface area contributed by atoms with Crippen LogP contribution in [0.1, 0.15) is 40.6 Å². The lowest BCUT2D eigenvalue weighted by atomic mass is 9.98. The number of hydrogen-bond donors (Lipinski definition) is 2. The minimum atomic E-state index is -0.867. The molecule has 0 saturated carbocycles. The lowest BCUT2D eigenvalue weighted by Crippen LogP contribution is -2.42. The molecular weight excluding hydrogens is 248 g/mol. The first-order valence-electron chi connectivity index (χ1n) is 6.20. The van der Waals surface area contributed by atoms with Crippen LogP contribution in [0.5, 0.6) is 0 Å². The Kier molecular flexibility index (Phi) is 3.69. The van der Waals surface area contributed by atoms with E-state index in [0.29, 0.717) is 30.6 Å². The molecule has 1 fully saturated rings. The second kappa shape index (κ2) is 5.26. The van der Waals surface area contributed by atoms with Crippen molar-refractivity contribution in [1.29, 1.82) is 0 Å². The number of aromatic amines is 1. The van der Waals surface area contributed by atoms with E-state index in [1.807, 2.05) is 0 Å². The van der Waals surface area contributed by atoms with Crippen LogP contribution in [0.15, 0.2) is 12.3 Å². The van der Waals surface area contributed by atoms with E-state index < -0.39 is 11.9 Å². The van der Waals surface area contributed by atoms with Gasteiger partial charge in [-0.1, -0.05) is 0 Å². The quantitative estimate of drug-likeness (QED) is 0.801. The first-order chi connectivity index (χ1) is 8.99. The number of carboxylic acids is 1. The van der Waals surface area contributed by atoms with Crippen LogP contribution >= 0.6 is 0 Å². The summed E-state index contributed by atoms with van der Waals surface area (Å²) in [7, 11) is 0. The van der Waals surface area contributed by atoms with Gasteiger partial charge in [-0.25, -0.2) is 0 Å². The third-order valence-corrected chi connectivity index (χ3v) is 3.38. The van der Waals surface area contributed by atoms with Crippen LogP contribution in [0, 0.1) is 5.92 Å². The van der Waals surface area contributed by atoms with E-state index >= 15 is 0 Å². The molecular formula is C13H16N2O4. The third-order valence-electron chi connectivity index (χ3n) is 3.38. The topological polar surface area (TPSA) is 90.5 Å². The average molecular weight is 264 g/mol. The second-order valence-electron chi connectivity index (χ2n) is 4.79. The number of nitrogens with zero attached hydrogens (tertiary/aromatic N) is 1. The first-order valence-corrected chi connectivity index (χ1v) is 6.20. The Morgan fingerprint density at radius 2 is 2.16 bits per heavy atom. The molecule has 0 spiro atoms. The number of likely N-dealkylation sites (tertiary alicyclic amines) is 1. The molecule has 102 valence electrons. The summed E-state index contributed by atoms with van der Waals surface area (Å²) in [6.45, 7) is 2.21. The van der Waals surface area contributed by atoms with Crippen molar-refractivity contribution >= 4 is 17.7 Å². The van der Waals surface area contributed by atoms with Gasteiger partial charge in [0.05, 0.1) is 5.92 Å². The van der Waals surface area contributed by atoms with Crippen LogP contribution in [0.25, 0.3) is 0 Å². The van der Waals surface area contributed by atoms with Gasteiger partial charge in [0.2, 0.25) is 0 Å². The summed E-state index contributed by atoms with van der Waals surface area (Å²) in [6, 6.07) is 1.51. The molecule has 2 rings (SSSR count). The van der Waals surface area contributed by atoms with Crippen molar-refractivity contribution in [3.63, 3.8) is 0 Å². The second-order valence-corrected chi connectivity index (χ2v) is 4.79. The molecule has 2 heterocycles. The Bertz CT molecular complexity index is 520. The zero-order valence-electron chi connectivity index (χ0n) is 10.7. The van der Waals surface area contributed by atoms with Gasteiger partial charge in [-0.15, -0.1) is 0 Å². The minimum Gasteiger partial charge on any atom is -0.481 e. The number of H-pyrrole nitrogens is 1. The van der Waals surface area contributed by atoms with E-state index in [1.165, 1.54) is 24.1 Å². The fraction of sp³-hybridized carbons (Fsp3) is 0.462. The highest BCUT2D eigenvalue weighted by molar-refractivity contribution is 5.99. The number of aliphatic carboxylic acids is 1. The SMILES string of the molecule is CC(=O)c1c[nH]c(C(=O)N2CCCC(C(=O)O)C2)c1. The molecule has 1 aliphatic rings. The smallest absolute Gasteiger partial charge is 0.308 e. The number of ketones is 1. The number of hydrogen-bond acceptors (Lipinski definition) is 3. The first kappa shape index (κ1) is 13.3. The summed E-state index contributed by atoms with van der Waals surface area (Å²) in [6.07, 6.45) is 2.78. The summed E-state index contributed by atoms with van der Waals surface area (Å²) < 4.78 is 0. The van der Waals surface area contributed by atoms with E-state index in [9.17, 15) is 14.4 Å². The predicted molar refractivity (Wildman–Crippen MR) is 67.1 cm³/mol. The van der Waals surface area contributed by atoms with E-state index in [-0.39, 0.29) is 18.2 Å². The van der Waals surface area contributed by atoms with Crippen molar-refractivity contribution < 1.29 is 19.5 Å². The number of rotatable bonds is 3. The van der Waals surface area contributed by atoms with Crippen molar-refractivity contribution in [3.8, 4) is 0 Å². The molecule has 1 unspecified atom stereocenters. The van der Waals surface area contributed by atoms with Crippen LogP contribution in [0.3, 0.4) is 0 Å². The van der Waals surface area contributed by atoms with Gasteiger partial charge in [0, 0.05) is 24.8 Å². The van der Waals surface area contributed by atoms with Crippen LogP contribution in [-0.4, -0.2) is 45.7 Å². The van der Waals surface area contributed by atoms with Gasteiger partial charge >= 0.3 is 5.97 Å². The molecule has 1 aromatic heterocycles. The Hall–Kier alpha value is -2.11. The molecule has 6 nitrogen and oxygen atoms in total. The normalized spacial score (nSPS) is 19.2. The fourth-order valence-corrected chi connectivity index (χ4v) is 2.25. The highest BCUT2D eigenvalue weighted by Gasteiger charge is 2.29. The number of aromatic nitrogens is 1. The molecule has 0 radical (unpaired) electrons. The molecule has 2 N–H and O–H groups in total. The maximum atomic E-state index is 12.2. The average Bonchev–Trinajstić information content (AvgIpc) is 2.87. The third kappa shape index (κ3) is 2.83. The number of Topliss-reactive ketones (excluding diaryl/α,β-unsaturated/α-hetero) is 1. The Balaban J connectivity index is 2.10. The van der Waals surface area contributed by atoms with Crippen LogP contribution in [0.4, 0.5) is 0 Å². The van der Waals surface area contributed by atoms with E-state index in [2.05, 4.69) is 4.98 Å². The van der Waals surface area contributed by atoms with E-state index in [4.69, 9.17) is 5.11 Å². The van der Waals surface area contributed by atoms with Crippen LogP contribution in [-0.2, 0) is 4.79 Å². The number of amides is 1.